The lowest BCUT2D eigenvalue weighted by Gasteiger charge is -2.53. The summed E-state index contributed by atoms with van der Waals surface area (Å²) in [5.41, 5.74) is 39.8. The summed E-state index contributed by atoms with van der Waals surface area (Å²) in [6.45, 7) is 4.21. The molecule has 0 saturated carbocycles. The number of aliphatic hydroxyl groups is 6. The molecule has 0 aromatic carbocycles. The quantitative estimate of drug-likeness (QED) is 0.0315. The molecule has 0 radical (unpaired) electrons. The maximum atomic E-state index is 15.3. The van der Waals surface area contributed by atoms with Gasteiger partial charge in [-0.05, 0) is 40.5 Å². The van der Waals surface area contributed by atoms with E-state index in [-0.39, 0.29) is 0 Å². The number of nitrogens with one attached hydrogen (secondary N) is 3. The van der Waals surface area contributed by atoms with Crippen molar-refractivity contribution in [3.8, 4) is 0 Å². The van der Waals surface area contributed by atoms with Crippen molar-refractivity contribution < 1.29 is 93.1 Å². The molecule has 2 aliphatic heterocycles. The number of aliphatic carboxylic acids is 1. The van der Waals surface area contributed by atoms with E-state index in [1.165, 1.54) is 20.8 Å². The van der Waals surface area contributed by atoms with Gasteiger partial charge >= 0.3 is 5.97 Å². The van der Waals surface area contributed by atoms with E-state index >= 15 is 9.59 Å². The molecular weight excluding hydrogens is 914 g/mol. The largest absolute Gasteiger partial charge is 0.480 e. The first kappa shape index (κ1) is 61.1. The Morgan fingerprint density at radius 3 is 1.71 bits per heavy atom. The fourth-order valence-corrected chi connectivity index (χ4v) is 7.64. The minimum atomic E-state index is -3.38. The van der Waals surface area contributed by atoms with Crippen LogP contribution in [-0.4, -0.2) is 199 Å². The van der Waals surface area contributed by atoms with Gasteiger partial charge in [0, 0.05) is 25.7 Å². The van der Waals surface area contributed by atoms with Gasteiger partial charge in [-0.1, -0.05) is 0 Å². The number of carbonyl (C=O) groups is 9. The fourth-order valence-electron chi connectivity index (χ4n) is 7.64. The van der Waals surface area contributed by atoms with Crippen LogP contribution in [0.4, 0.5) is 0 Å². The van der Waals surface area contributed by atoms with Crippen LogP contribution in [0.25, 0.3) is 0 Å². The monoisotopic (exact) mass is 983 g/mol. The minimum absolute atomic E-state index is 0.458. The smallest absolute Gasteiger partial charge is 0.325 e. The Morgan fingerprint density at radius 2 is 1.26 bits per heavy atom. The Balaban J connectivity index is 0.00000185. The second-order valence-corrected chi connectivity index (χ2v) is 16.7. The number of rotatable bonds is 24. The molecule has 0 aromatic heterocycles. The van der Waals surface area contributed by atoms with Crippen molar-refractivity contribution >= 4 is 53.0 Å². The maximum absolute atomic E-state index is 15.3. The fraction of sp³-hybridized carbons (Fsp3) is 0.763. The van der Waals surface area contributed by atoms with Gasteiger partial charge in [0.05, 0.1) is 37.4 Å². The standard InChI is InChI=1S/C32H57N9O16.C6H12N2O3/c1-10(33)28(52)41-14(27(36)51)5-6-17(45)31(32(38,39)30(37)54,13(4-7-18(34)46)24-19(35)23(49)21(47)15(8-42)56-24)26(50)11(2)55-25-20(40-12(3)44)29(53)57-16(9-43)22(25)48;1-3(7)5(9)8-4(2)6(10)11/h10-11,13-16,19-25,29,42-43,47-49,53H,4-9,33,35,38-39H2,1-3H3,(H2,34,46)(H2,36,51)(H2,37,54)(H,40,44)(H,41,52);3-4H,7H2,1-2H3,(H,8,9)(H,10,11)/t10-,11?,13?,14+,15+,16+,19+,20+,21+,22+,23+,24?,25+,29-,31?;3-,4-/m01/s1. The number of ether oxygens (including phenoxy) is 3. The average Bonchev–Trinajstić information content (AvgIpc) is 3.24. The topological polar surface area (TPSA) is 567 Å². The highest BCUT2D eigenvalue weighted by molar-refractivity contribution is 6.15. The summed E-state index contributed by atoms with van der Waals surface area (Å²) in [6, 6.07) is -7.86. The van der Waals surface area contributed by atoms with Crippen molar-refractivity contribution in [2.24, 2.45) is 57.2 Å². The average molecular weight is 984 g/mol. The Kier molecular flexibility index (Phi) is 23.5. The third kappa shape index (κ3) is 14.8. The van der Waals surface area contributed by atoms with Crippen molar-refractivity contribution in [1.82, 2.24) is 16.0 Å². The minimum Gasteiger partial charge on any atom is -0.480 e. The number of hydrogen-bond donors (Lipinski definition) is 18. The van der Waals surface area contributed by atoms with E-state index in [2.05, 4.69) is 16.0 Å². The first-order valence-electron chi connectivity index (χ1n) is 21.1. The molecule has 30 nitrogen and oxygen atoms in total. The van der Waals surface area contributed by atoms with Crippen molar-refractivity contribution in [1.29, 1.82) is 0 Å². The third-order valence-electron chi connectivity index (χ3n) is 11.4. The Hall–Kier alpha value is -4.93. The number of ketones is 2. The van der Waals surface area contributed by atoms with E-state index in [1.54, 1.807) is 0 Å². The zero-order valence-electron chi connectivity index (χ0n) is 38.1. The molecule has 0 aliphatic carbocycles. The summed E-state index contributed by atoms with van der Waals surface area (Å²) in [7, 11) is 0. The SMILES string of the molecule is CC(=O)N[C@@H]1[C@@H](OC(C)C(=O)C(C(=O)CC[C@@H](NC(=O)[C@H](C)N)C(N)=O)(C(CCC(N)=O)C2O[C@H](CO)[C@@H](O)[C@H](O)[C@H]2N)C(N)(N)C(N)=O)[C@H](O)[C@@H](CO)O[C@@H]1O.C[C@@H](N)C(=O)N[C@H](C)C(=O)O. The van der Waals surface area contributed by atoms with Gasteiger partial charge in [0.1, 0.15) is 66.3 Å². The van der Waals surface area contributed by atoms with Gasteiger partial charge < -0.3 is 112 Å². The zero-order chi connectivity index (χ0) is 52.9. The molecule has 6 amide bonds. The van der Waals surface area contributed by atoms with E-state index in [4.69, 9.17) is 65.2 Å². The number of carboxylic acids is 1. The van der Waals surface area contributed by atoms with Crippen LogP contribution < -0.4 is 61.8 Å². The summed E-state index contributed by atoms with van der Waals surface area (Å²) in [6.07, 6.45) is -20.1. The Morgan fingerprint density at radius 1 is 0.750 bits per heavy atom. The number of amides is 6. The molecule has 0 bridgehead atoms. The van der Waals surface area contributed by atoms with Crippen molar-refractivity contribution in [3.05, 3.63) is 0 Å². The Bertz CT molecular complexity index is 1810. The number of hydrogen-bond acceptors (Lipinski definition) is 23. The first-order valence-corrected chi connectivity index (χ1v) is 21.1. The Labute approximate surface area is 389 Å². The highest BCUT2D eigenvalue weighted by atomic mass is 16.6. The molecule has 0 aromatic rings. The normalized spacial score (nSPS) is 28.5. The van der Waals surface area contributed by atoms with Gasteiger partial charge in [0.25, 0.3) is 5.91 Å². The highest BCUT2D eigenvalue weighted by Gasteiger charge is 2.68. The van der Waals surface area contributed by atoms with Crippen molar-refractivity contribution in [2.75, 3.05) is 13.2 Å². The highest BCUT2D eigenvalue weighted by Crippen LogP contribution is 2.47. The lowest BCUT2D eigenvalue weighted by Crippen LogP contribution is -2.80. The van der Waals surface area contributed by atoms with Gasteiger partial charge in [0.2, 0.25) is 29.5 Å². The van der Waals surface area contributed by atoms with E-state index < -0.39 is 200 Å². The predicted octanol–water partition coefficient (Wildman–Crippen LogP) is -10.7. The molecule has 4 unspecified atom stereocenters. The number of carboxylic acid groups (broad SMARTS) is 1. The zero-order valence-corrected chi connectivity index (χ0v) is 38.1. The van der Waals surface area contributed by atoms with Crippen LogP contribution in [0, 0.1) is 11.3 Å². The maximum Gasteiger partial charge on any atom is 0.325 e. The molecular formula is C38H69N11O19. The van der Waals surface area contributed by atoms with Crippen LogP contribution in [0.15, 0.2) is 0 Å². The third-order valence-corrected chi connectivity index (χ3v) is 11.4. The summed E-state index contributed by atoms with van der Waals surface area (Å²) >= 11 is 0. The molecule has 2 heterocycles. The summed E-state index contributed by atoms with van der Waals surface area (Å²) in [4.78, 5) is 114. The van der Waals surface area contributed by atoms with Gasteiger partial charge in [0.15, 0.2) is 23.5 Å². The van der Waals surface area contributed by atoms with Crippen LogP contribution in [0.3, 0.4) is 0 Å². The molecule has 26 N–H and O–H groups in total. The van der Waals surface area contributed by atoms with Crippen LogP contribution in [0.1, 0.15) is 60.3 Å². The summed E-state index contributed by atoms with van der Waals surface area (Å²) in [5.74, 6) is -12.3. The molecule has 2 saturated heterocycles. The molecule has 390 valence electrons. The molecule has 0 spiro atoms. The van der Waals surface area contributed by atoms with Crippen molar-refractivity contribution in [3.63, 3.8) is 0 Å². The van der Waals surface area contributed by atoms with E-state index in [0.717, 1.165) is 13.8 Å². The van der Waals surface area contributed by atoms with Crippen LogP contribution in [-0.2, 0) is 57.4 Å². The molecule has 2 aliphatic rings. The van der Waals surface area contributed by atoms with E-state index in [1.807, 2.05) is 0 Å². The lowest BCUT2D eigenvalue weighted by atomic mass is 9.55. The van der Waals surface area contributed by atoms with Gasteiger partial charge in [-0.3, -0.25) is 43.2 Å². The van der Waals surface area contributed by atoms with Gasteiger partial charge in [-0.15, -0.1) is 0 Å². The van der Waals surface area contributed by atoms with Gasteiger partial charge in [-0.2, -0.15) is 0 Å². The second-order valence-electron chi connectivity index (χ2n) is 16.7. The number of carbonyl (C=O) groups excluding carboxylic acids is 8. The molecule has 2 rings (SSSR count). The van der Waals surface area contributed by atoms with Crippen LogP contribution >= 0.6 is 0 Å². The number of aliphatic hydroxyl groups excluding tert-OH is 6. The summed E-state index contributed by atoms with van der Waals surface area (Å²) < 4.78 is 16.9. The van der Waals surface area contributed by atoms with Crippen LogP contribution in [0.2, 0.25) is 0 Å². The van der Waals surface area contributed by atoms with Crippen molar-refractivity contribution in [2.45, 2.75) is 157 Å². The summed E-state index contributed by atoms with van der Waals surface area (Å²) in [5, 5.41) is 78.3. The molecule has 2 fully saturated rings. The number of primary amides is 3. The predicted molar refractivity (Wildman–Crippen MR) is 229 cm³/mol. The molecule has 68 heavy (non-hydrogen) atoms. The van der Waals surface area contributed by atoms with Crippen LogP contribution in [0.5, 0.6) is 0 Å². The number of Topliss-reactive ketones (excluding diaryl/α,β-unsaturated/α-hetero) is 2. The first-order chi connectivity index (χ1) is 31.3. The molecule has 17 atom stereocenters. The van der Waals surface area contributed by atoms with E-state index in [0.29, 0.717) is 0 Å². The molecule has 30 heteroatoms. The number of nitrogens with two attached hydrogens (primary N) is 8. The van der Waals surface area contributed by atoms with E-state index in [9.17, 15) is 64.2 Å². The lowest BCUT2D eigenvalue weighted by molar-refractivity contribution is -0.267. The van der Waals surface area contributed by atoms with Gasteiger partial charge in [-0.25, -0.2) is 0 Å². The second kappa shape index (κ2) is 26.2.